The molecule has 4 aromatic rings. The van der Waals surface area contributed by atoms with Crippen LogP contribution in [0.4, 0.5) is 0 Å². The van der Waals surface area contributed by atoms with Gasteiger partial charge in [0.2, 0.25) is 5.78 Å². The van der Waals surface area contributed by atoms with Crippen LogP contribution in [0.3, 0.4) is 0 Å². The molecule has 10 heteroatoms. The molecule has 0 fully saturated rings. The lowest BCUT2D eigenvalue weighted by atomic mass is 9.98. The van der Waals surface area contributed by atoms with Gasteiger partial charge in [-0.15, -0.1) is 0 Å². The normalized spacial score (nSPS) is 11.2. The molecular formula is C21H24N8O2. The fraction of sp³-hybridized carbons (Fsp3) is 0.286. The highest BCUT2D eigenvalue weighted by Gasteiger charge is 2.25. The first-order chi connectivity index (χ1) is 15.1. The molecule has 10 nitrogen and oxygen atoms in total. The Bertz CT molecular complexity index is 1230. The summed E-state index contributed by atoms with van der Waals surface area (Å²) in [7, 11) is 0. The van der Waals surface area contributed by atoms with E-state index in [1.54, 1.807) is 31.0 Å². The largest absolute Gasteiger partial charge is 0.361 e. The molecule has 0 aliphatic carbocycles. The van der Waals surface area contributed by atoms with E-state index in [-0.39, 0.29) is 17.2 Å². The van der Waals surface area contributed by atoms with E-state index in [0.717, 1.165) is 30.0 Å². The van der Waals surface area contributed by atoms with E-state index in [1.165, 1.54) is 0 Å². The molecule has 5 N–H and O–H groups in total. The Morgan fingerprint density at radius 2 is 2.00 bits per heavy atom. The first-order valence-electron chi connectivity index (χ1n) is 10.1. The van der Waals surface area contributed by atoms with Crippen molar-refractivity contribution in [3.8, 4) is 11.3 Å². The SMILES string of the molecule is CCNCCc1c(C)[nH]c(Cc2nccnc2-c2c[nH][nH]c2=O)c1C(=O)c1ncc[nH]1. The Balaban J connectivity index is 1.77. The van der Waals surface area contributed by atoms with Crippen LogP contribution >= 0.6 is 0 Å². The second-order valence-electron chi connectivity index (χ2n) is 7.14. The predicted octanol–water partition coefficient (Wildman–Crippen LogP) is 1.49. The molecule has 0 aliphatic heterocycles. The maximum absolute atomic E-state index is 13.3. The molecule has 0 aromatic carbocycles. The van der Waals surface area contributed by atoms with Gasteiger partial charge in [-0.3, -0.25) is 24.7 Å². The molecule has 4 aromatic heterocycles. The molecule has 4 heterocycles. The van der Waals surface area contributed by atoms with Gasteiger partial charge in [-0.25, -0.2) is 4.98 Å². The molecule has 0 saturated heterocycles. The number of nitrogens with one attached hydrogen (secondary N) is 5. The molecule has 0 radical (unpaired) electrons. The third-order valence-electron chi connectivity index (χ3n) is 5.16. The molecule has 0 amide bonds. The van der Waals surface area contributed by atoms with Gasteiger partial charge in [0, 0.05) is 48.8 Å². The van der Waals surface area contributed by atoms with Crippen molar-refractivity contribution in [2.24, 2.45) is 0 Å². The van der Waals surface area contributed by atoms with Crippen LogP contribution in [0, 0.1) is 6.92 Å². The summed E-state index contributed by atoms with van der Waals surface area (Å²) in [6.07, 6.45) is 8.89. The van der Waals surface area contributed by atoms with E-state index in [0.29, 0.717) is 35.4 Å². The molecule has 0 bridgehead atoms. The van der Waals surface area contributed by atoms with Crippen LogP contribution in [0.15, 0.2) is 35.8 Å². The number of H-pyrrole nitrogens is 4. The van der Waals surface area contributed by atoms with Crippen LogP contribution in [-0.4, -0.2) is 54.0 Å². The number of carbonyl (C=O) groups excluding carboxylic acids is 1. The highest BCUT2D eigenvalue weighted by molar-refractivity contribution is 6.08. The van der Waals surface area contributed by atoms with Crippen molar-refractivity contribution in [2.45, 2.75) is 26.7 Å². The smallest absolute Gasteiger partial charge is 0.273 e. The summed E-state index contributed by atoms with van der Waals surface area (Å²) >= 11 is 0. The fourth-order valence-corrected chi connectivity index (χ4v) is 3.72. The van der Waals surface area contributed by atoms with Crippen LogP contribution in [0.1, 0.15) is 45.8 Å². The zero-order valence-corrected chi connectivity index (χ0v) is 17.4. The van der Waals surface area contributed by atoms with Gasteiger partial charge in [-0.2, -0.15) is 0 Å². The molecule has 0 spiro atoms. The van der Waals surface area contributed by atoms with Crippen LogP contribution in [0.2, 0.25) is 0 Å². The number of imidazole rings is 1. The molecule has 160 valence electrons. The number of carbonyl (C=O) groups is 1. The van der Waals surface area contributed by atoms with Gasteiger partial charge in [0.1, 0.15) is 0 Å². The number of aryl methyl sites for hydroxylation is 1. The second-order valence-corrected chi connectivity index (χ2v) is 7.14. The van der Waals surface area contributed by atoms with E-state index in [9.17, 15) is 9.59 Å². The van der Waals surface area contributed by atoms with Crippen LogP contribution in [0.25, 0.3) is 11.3 Å². The van der Waals surface area contributed by atoms with Crippen molar-refractivity contribution in [2.75, 3.05) is 13.1 Å². The third-order valence-corrected chi connectivity index (χ3v) is 5.16. The molecule has 4 rings (SSSR count). The third kappa shape index (κ3) is 4.10. The van der Waals surface area contributed by atoms with Gasteiger partial charge in [-0.1, -0.05) is 6.92 Å². The van der Waals surface area contributed by atoms with Crippen molar-refractivity contribution in [1.29, 1.82) is 0 Å². The number of rotatable bonds is 9. The van der Waals surface area contributed by atoms with E-state index in [2.05, 4.69) is 40.4 Å². The number of aromatic nitrogens is 7. The van der Waals surface area contributed by atoms with Crippen molar-refractivity contribution in [1.82, 2.24) is 40.4 Å². The van der Waals surface area contributed by atoms with E-state index in [4.69, 9.17) is 0 Å². The van der Waals surface area contributed by atoms with Crippen LogP contribution in [-0.2, 0) is 12.8 Å². The van der Waals surface area contributed by atoms with Crippen molar-refractivity contribution >= 4 is 5.78 Å². The molecule has 0 aliphatic rings. The Morgan fingerprint density at radius 1 is 1.16 bits per heavy atom. The summed E-state index contributed by atoms with van der Waals surface area (Å²) in [5, 5.41) is 8.51. The Hall–Kier alpha value is -3.79. The first kappa shape index (κ1) is 20.5. The Labute approximate surface area is 178 Å². The number of hydrogen-bond donors (Lipinski definition) is 5. The lowest BCUT2D eigenvalue weighted by molar-refractivity contribution is 0.102. The van der Waals surface area contributed by atoms with Gasteiger partial charge in [0.05, 0.1) is 22.5 Å². The standard InChI is InChI=1S/C21H24N8O2/c1-3-22-5-4-13-12(2)28-15(17(13)19(30)20-25-8-9-26-20)10-16-18(24-7-6-23-16)14-11-27-29-21(14)31/h6-9,11,22,28H,3-5,10H2,1-2H3,(H,25,26)(H2,27,29,31). The average molecular weight is 420 g/mol. The fourth-order valence-electron chi connectivity index (χ4n) is 3.72. The second kappa shape index (κ2) is 8.92. The van der Waals surface area contributed by atoms with E-state index >= 15 is 0 Å². The molecule has 0 unspecified atom stereocenters. The lowest BCUT2D eigenvalue weighted by Gasteiger charge is -2.08. The quantitative estimate of drug-likeness (QED) is 0.205. The van der Waals surface area contributed by atoms with Crippen LogP contribution < -0.4 is 10.9 Å². The molecule has 0 atom stereocenters. The van der Waals surface area contributed by atoms with E-state index < -0.39 is 0 Å². The van der Waals surface area contributed by atoms with Crippen molar-refractivity contribution in [3.63, 3.8) is 0 Å². The topological polar surface area (TPSA) is 148 Å². The Kier molecular flexibility index (Phi) is 5.89. The number of ketones is 1. The minimum absolute atomic E-state index is 0.180. The zero-order valence-electron chi connectivity index (χ0n) is 17.4. The molecular weight excluding hydrogens is 396 g/mol. The van der Waals surface area contributed by atoms with Crippen molar-refractivity contribution < 1.29 is 4.79 Å². The monoisotopic (exact) mass is 420 g/mol. The number of likely N-dealkylation sites (N-methyl/N-ethyl adjacent to an activating group) is 1. The first-order valence-corrected chi connectivity index (χ1v) is 10.1. The van der Waals surface area contributed by atoms with Gasteiger partial charge in [0.25, 0.3) is 5.56 Å². The summed E-state index contributed by atoms with van der Waals surface area (Å²) in [6, 6.07) is 0. The molecule has 31 heavy (non-hydrogen) atoms. The predicted molar refractivity (Wildman–Crippen MR) is 115 cm³/mol. The van der Waals surface area contributed by atoms with Gasteiger partial charge < -0.3 is 20.4 Å². The minimum atomic E-state index is -0.275. The highest BCUT2D eigenvalue weighted by Crippen LogP contribution is 2.26. The summed E-state index contributed by atoms with van der Waals surface area (Å²) < 4.78 is 0. The minimum Gasteiger partial charge on any atom is -0.361 e. The zero-order chi connectivity index (χ0) is 21.8. The summed E-state index contributed by atoms with van der Waals surface area (Å²) in [4.78, 5) is 44.7. The van der Waals surface area contributed by atoms with Gasteiger partial charge >= 0.3 is 0 Å². The number of nitrogens with zero attached hydrogens (tertiary/aromatic N) is 3. The number of hydrogen-bond acceptors (Lipinski definition) is 6. The lowest BCUT2D eigenvalue weighted by Crippen LogP contribution is -2.18. The van der Waals surface area contributed by atoms with Gasteiger partial charge in [-0.05, 0) is 32.0 Å². The summed E-state index contributed by atoms with van der Waals surface area (Å²) in [6.45, 7) is 5.61. The van der Waals surface area contributed by atoms with Crippen LogP contribution in [0.5, 0.6) is 0 Å². The maximum Gasteiger partial charge on any atom is 0.273 e. The van der Waals surface area contributed by atoms with Crippen molar-refractivity contribution in [3.05, 3.63) is 75.4 Å². The summed E-state index contributed by atoms with van der Waals surface area (Å²) in [5.41, 5.74) is 4.38. The maximum atomic E-state index is 13.3. The highest BCUT2D eigenvalue weighted by atomic mass is 16.1. The van der Waals surface area contributed by atoms with Gasteiger partial charge in [0.15, 0.2) is 5.82 Å². The average Bonchev–Trinajstić information content (AvgIpc) is 3.50. The Morgan fingerprint density at radius 3 is 2.71 bits per heavy atom. The molecule has 0 saturated carbocycles. The number of aromatic amines is 4. The van der Waals surface area contributed by atoms with E-state index in [1.807, 2.05) is 13.8 Å². The summed E-state index contributed by atoms with van der Waals surface area (Å²) in [5.74, 6) is 0.104.